The fraction of sp³-hybridized carbons (Fsp3) is 0.462. The Labute approximate surface area is 206 Å². The van der Waals surface area contributed by atoms with Crippen molar-refractivity contribution in [1.29, 1.82) is 0 Å². The van der Waals surface area contributed by atoms with Gasteiger partial charge in [0.15, 0.2) is 0 Å². The van der Waals surface area contributed by atoms with Crippen molar-refractivity contribution in [3.05, 3.63) is 60.1 Å². The van der Waals surface area contributed by atoms with Crippen molar-refractivity contribution < 1.29 is 14.3 Å². The number of carbonyl (C=O) groups excluding carboxylic acids is 1. The van der Waals surface area contributed by atoms with Crippen molar-refractivity contribution in [2.24, 2.45) is 0 Å². The molecule has 1 aliphatic heterocycles. The van der Waals surface area contributed by atoms with E-state index in [2.05, 4.69) is 20.2 Å². The molecule has 1 aliphatic rings. The van der Waals surface area contributed by atoms with Crippen molar-refractivity contribution in [2.45, 2.75) is 58.2 Å². The van der Waals surface area contributed by atoms with Crippen molar-refractivity contribution in [3.8, 4) is 11.5 Å². The van der Waals surface area contributed by atoms with Gasteiger partial charge in [0.2, 0.25) is 5.91 Å². The van der Waals surface area contributed by atoms with E-state index in [1.165, 1.54) is 0 Å². The summed E-state index contributed by atoms with van der Waals surface area (Å²) >= 11 is 0. The highest BCUT2D eigenvalue weighted by Crippen LogP contribution is 2.26. The highest BCUT2D eigenvalue weighted by Gasteiger charge is 2.26. The molecule has 0 bridgehead atoms. The maximum Gasteiger partial charge on any atom is 0.222 e. The lowest BCUT2D eigenvalue weighted by Gasteiger charge is -2.36. The van der Waals surface area contributed by atoms with Crippen LogP contribution in [-0.2, 0) is 24.3 Å². The van der Waals surface area contributed by atoms with E-state index in [0.717, 1.165) is 61.7 Å². The highest BCUT2D eigenvalue weighted by atomic mass is 16.5. The fourth-order valence-corrected chi connectivity index (χ4v) is 4.49. The topological polar surface area (TPSA) is 94.4 Å². The molecule has 3 aromatic rings. The molecule has 1 atom stereocenters. The van der Waals surface area contributed by atoms with E-state index < -0.39 is 0 Å². The number of carbonyl (C=O) groups is 1. The van der Waals surface area contributed by atoms with Gasteiger partial charge in [-0.3, -0.25) is 4.79 Å². The number of hydrogen-bond donors (Lipinski definition) is 1. The summed E-state index contributed by atoms with van der Waals surface area (Å²) in [5, 5.41) is 3.06. The Morgan fingerprint density at radius 3 is 2.63 bits per heavy atom. The molecule has 3 heterocycles. The number of aryl methyl sites for hydroxylation is 3. The lowest BCUT2D eigenvalue weighted by Crippen LogP contribution is -2.43. The number of nitrogens with zero attached hydrogens (tertiary/aromatic N) is 5. The lowest BCUT2D eigenvalue weighted by molar-refractivity contribution is -0.121. The predicted octanol–water partition coefficient (Wildman–Crippen LogP) is 3.31. The van der Waals surface area contributed by atoms with Crippen LogP contribution in [0.15, 0.2) is 43.0 Å². The molecule has 2 aromatic heterocycles. The number of methoxy groups -OCH3 is 2. The number of nitrogens with one attached hydrogen (secondary N) is 1. The molecule has 0 spiro atoms. The van der Waals surface area contributed by atoms with Gasteiger partial charge >= 0.3 is 0 Å². The SMILES string of the molecule is COc1cc(CNC(=O)CC2CCCCN2c2cc(C)nc(CCn3ccnc3)n2)cc(OC)c1. The van der Waals surface area contributed by atoms with Crippen LogP contribution in [0.3, 0.4) is 0 Å². The molecule has 0 aliphatic carbocycles. The molecule has 1 saturated heterocycles. The van der Waals surface area contributed by atoms with Crippen molar-refractivity contribution in [3.63, 3.8) is 0 Å². The summed E-state index contributed by atoms with van der Waals surface area (Å²) in [4.78, 5) is 28.8. The van der Waals surface area contributed by atoms with Gasteiger partial charge < -0.3 is 24.3 Å². The van der Waals surface area contributed by atoms with Crippen molar-refractivity contribution >= 4 is 11.7 Å². The molecule has 1 N–H and O–H groups in total. The minimum Gasteiger partial charge on any atom is -0.497 e. The Bertz CT molecular complexity index is 1100. The standard InChI is InChI=1S/C26H34N6O3/c1-19-12-25(30-24(29-19)7-10-31-11-8-27-18-31)32-9-5-4-6-21(32)15-26(33)28-17-20-13-22(34-2)16-23(14-20)35-3/h8,11-14,16,18,21H,4-7,9-10,15,17H2,1-3H3,(H,28,33). The molecule has 0 radical (unpaired) electrons. The van der Waals surface area contributed by atoms with Crippen LogP contribution in [0.5, 0.6) is 11.5 Å². The van der Waals surface area contributed by atoms with Gasteiger partial charge in [0.1, 0.15) is 23.1 Å². The zero-order chi connectivity index (χ0) is 24.6. The number of rotatable bonds is 10. The predicted molar refractivity (Wildman–Crippen MR) is 134 cm³/mol. The quantitative estimate of drug-likeness (QED) is 0.478. The zero-order valence-electron chi connectivity index (χ0n) is 20.7. The molecular formula is C26H34N6O3. The molecule has 1 aromatic carbocycles. The number of amides is 1. The van der Waals surface area contributed by atoms with E-state index in [-0.39, 0.29) is 11.9 Å². The molecule has 4 rings (SSSR count). The Balaban J connectivity index is 1.40. The third-order valence-corrected chi connectivity index (χ3v) is 6.28. The molecule has 1 fully saturated rings. The van der Waals surface area contributed by atoms with E-state index in [0.29, 0.717) is 24.5 Å². The fourth-order valence-electron chi connectivity index (χ4n) is 4.49. The Kier molecular flexibility index (Phi) is 8.18. The van der Waals surface area contributed by atoms with Gasteiger partial charge in [-0.15, -0.1) is 0 Å². The summed E-state index contributed by atoms with van der Waals surface area (Å²) in [5.41, 5.74) is 1.88. The normalized spacial score (nSPS) is 15.6. The van der Waals surface area contributed by atoms with Crippen LogP contribution in [-0.4, -0.2) is 52.2 Å². The van der Waals surface area contributed by atoms with E-state index in [4.69, 9.17) is 14.5 Å². The second-order valence-corrected chi connectivity index (χ2v) is 8.88. The van der Waals surface area contributed by atoms with Crippen LogP contribution in [0.1, 0.15) is 42.8 Å². The average Bonchev–Trinajstić information content (AvgIpc) is 3.40. The molecule has 9 nitrogen and oxygen atoms in total. The van der Waals surface area contributed by atoms with Gasteiger partial charge in [-0.25, -0.2) is 15.0 Å². The number of imidazole rings is 1. The smallest absolute Gasteiger partial charge is 0.222 e. The molecule has 186 valence electrons. The third-order valence-electron chi connectivity index (χ3n) is 6.28. The first-order valence-electron chi connectivity index (χ1n) is 12.1. The third kappa shape index (κ3) is 6.71. The largest absolute Gasteiger partial charge is 0.497 e. The van der Waals surface area contributed by atoms with Crippen LogP contribution >= 0.6 is 0 Å². The number of piperidine rings is 1. The van der Waals surface area contributed by atoms with Crippen molar-refractivity contribution in [2.75, 3.05) is 25.7 Å². The van der Waals surface area contributed by atoms with Gasteiger partial charge in [0.05, 0.1) is 20.5 Å². The summed E-state index contributed by atoms with van der Waals surface area (Å²) in [6.45, 7) is 4.09. The van der Waals surface area contributed by atoms with Crippen LogP contribution in [0.4, 0.5) is 5.82 Å². The molecule has 9 heteroatoms. The summed E-state index contributed by atoms with van der Waals surface area (Å²) in [6.07, 6.45) is 9.84. The summed E-state index contributed by atoms with van der Waals surface area (Å²) < 4.78 is 12.7. The first-order valence-corrected chi connectivity index (χ1v) is 12.1. The monoisotopic (exact) mass is 478 g/mol. The average molecular weight is 479 g/mol. The molecule has 0 saturated carbocycles. The van der Waals surface area contributed by atoms with Crippen LogP contribution in [0.2, 0.25) is 0 Å². The van der Waals surface area contributed by atoms with Gasteiger partial charge in [-0.2, -0.15) is 0 Å². The Morgan fingerprint density at radius 2 is 1.91 bits per heavy atom. The van der Waals surface area contributed by atoms with Gasteiger partial charge in [-0.05, 0) is 43.9 Å². The van der Waals surface area contributed by atoms with Gasteiger partial charge in [0, 0.05) is 68.7 Å². The van der Waals surface area contributed by atoms with Crippen LogP contribution in [0.25, 0.3) is 0 Å². The number of anilines is 1. The number of ether oxygens (including phenoxy) is 2. The number of benzene rings is 1. The summed E-state index contributed by atoms with van der Waals surface area (Å²) in [6, 6.07) is 7.77. The minimum atomic E-state index is 0.0230. The molecule has 1 amide bonds. The lowest BCUT2D eigenvalue weighted by atomic mass is 9.98. The second-order valence-electron chi connectivity index (χ2n) is 8.88. The van der Waals surface area contributed by atoms with Crippen LogP contribution in [0, 0.1) is 6.92 Å². The first kappa shape index (κ1) is 24.5. The van der Waals surface area contributed by atoms with Crippen molar-refractivity contribution in [1.82, 2.24) is 24.8 Å². The van der Waals surface area contributed by atoms with E-state index in [9.17, 15) is 4.79 Å². The van der Waals surface area contributed by atoms with Gasteiger partial charge in [-0.1, -0.05) is 0 Å². The second kappa shape index (κ2) is 11.7. The molecule has 35 heavy (non-hydrogen) atoms. The first-order chi connectivity index (χ1) is 17.0. The Morgan fingerprint density at radius 1 is 1.11 bits per heavy atom. The van der Waals surface area contributed by atoms with E-state index in [1.54, 1.807) is 26.7 Å². The van der Waals surface area contributed by atoms with Gasteiger partial charge in [0.25, 0.3) is 0 Å². The number of aromatic nitrogens is 4. The molecular weight excluding hydrogens is 444 g/mol. The minimum absolute atomic E-state index is 0.0230. The van der Waals surface area contributed by atoms with E-state index >= 15 is 0 Å². The molecule has 1 unspecified atom stereocenters. The maximum absolute atomic E-state index is 12.9. The Hall–Kier alpha value is -3.62. The zero-order valence-corrected chi connectivity index (χ0v) is 20.7. The highest BCUT2D eigenvalue weighted by molar-refractivity contribution is 5.77. The van der Waals surface area contributed by atoms with Crippen LogP contribution < -0.4 is 19.7 Å². The summed E-state index contributed by atoms with van der Waals surface area (Å²) in [7, 11) is 3.24. The maximum atomic E-state index is 12.9. The summed E-state index contributed by atoms with van der Waals surface area (Å²) in [5.74, 6) is 3.16. The van der Waals surface area contributed by atoms with E-state index in [1.807, 2.05) is 42.0 Å². The number of hydrogen-bond acceptors (Lipinski definition) is 7.